The van der Waals surface area contributed by atoms with E-state index in [1.165, 1.54) is 29.5 Å². The molecule has 0 spiro atoms. The highest BCUT2D eigenvalue weighted by atomic mass is 14.5. The highest BCUT2D eigenvalue weighted by molar-refractivity contribution is 5.40. The molecule has 2 aromatic carbocycles. The standard InChI is InChI=1S/C16H19N/c1-2-3-13-4-6-14(7-5-13)12-15-8-10-16(17)11-9-15/h4-11H,2-3,12,17H2,1H3. The number of anilines is 1. The molecule has 1 heteroatoms. The monoisotopic (exact) mass is 225 g/mol. The van der Waals surface area contributed by atoms with E-state index in [4.69, 9.17) is 5.73 Å². The van der Waals surface area contributed by atoms with E-state index in [-0.39, 0.29) is 0 Å². The van der Waals surface area contributed by atoms with E-state index in [2.05, 4.69) is 43.3 Å². The highest BCUT2D eigenvalue weighted by Gasteiger charge is 1.97. The summed E-state index contributed by atoms with van der Waals surface area (Å²) in [6.07, 6.45) is 3.35. The van der Waals surface area contributed by atoms with Gasteiger partial charge in [0.25, 0.3) is 0 Å². The fraction of sp³-hybridized carbons (Fsp3) is 0.250. The molecule has 0 saturated heterocycles. The van der Waals surface area contributed by atoms with Gasteiger partial charge in [-0.1, -0.05) is 49.7 Å². The fourth-order valence-corrected chi connectivity index (χ4v) is 1.98. The zero-order valence-electron chi connectivity index (χ0n) is 10.3. The number of nitrogen functional groups attached to an aromatic ring is 1. The van der Waals surface area contributed by atoms with Gasteiger partial charge in [-0.25, -0.2) is 0 Å². The molecule has 0 heterocycles. The van der Waals surface area contributed by atoms with E-state index in [0.717, 1.165) is 12.1 Å². The molecule has 0 fully saturated rings. The summed E-state index contributed by atoms with van der Waals surface area (Å²) in [5.74, 6) is 0. The zero-order valence-corrected chi connectivity index (χ0v) is 10.3. The Morgan fingerprint density at radius 1 is 0.765 bits per heavy atom. The van der Waals surface area contributed by atoms with E-state index in [1.54, 1.807) is 0 Å². The minimum atomic E-state index is 0.826. The summed E-state index contributed by atoms with van der Waals surface area (Å²) in [5.41, 5.74) is 10.6. The van der Waals surface area contributed by atoms with Crippen LogP contribution in [0.15, 0.2) is 48.5 Å². The molecule has 0 unspecified atom stereocenters. The Morgan fingerprint density at radius 2 is 1.24 bits per heavy atom. The van der Waals surface area contributed by atoms with Crippen LogP contribution in [0.4, 0.5) is 5.69 Å². The van der Waals surface area contributed by atoms with Crippen molar-refractivity contribution >= 4 is 5.69 Å². The van der Waals surface area contributed by atoms with Gasteiger partial charge in [-0.15, -0.1) is 0 Å². The van der Waals surface area contributed by atoms with Gasteiger partial charge >= 0.3 is 0 Å². The minimum Gasteiger partial charge on any atom is -0.399 e. The molecule has 0 aromatic heterocycles. The number of hydrogen-bond donors (Lipinski definition) is 1. The summed E-state index contributed by atoms with van der Waals surface area (Å²) < 4.78 is 0. The van der Waals surface area contributed by atoms with E-state index in [0.29, 0.717) is 0 Å². The molecule has 1 nitrogen and oxygen atoms in total. The Hall–Kier alpha value is -1.76. The zero-order chi connectivity index (χ0) is 12.1. The first-order chi connectivity index (χ1) is 8.28. The van der Waals surface area contributed by atoms with Crippen molar-refractivity contribution in [3.05, 3.63) is 65.2 Å². The molecule has 0 saturated carbocycles. The number of rotatable bonds is 4. The molecule has 0 aliphatic carbocycles. The molecule has 2 N–H and O–H groups in total. The molecule has 0 radical (unpaired) electrons. The van der Waals surface area contributed by atoms with Crippen molar-refractivity contribution in [3.63, 3.8) is 0 Å². The fourth-order valence-electron chi connectivity index (χ4n) is 1.98. The molecule has 88 valence electrons. The van der Waals surface area contributed by atoms with E-state index in [9.17, 15) is 0 Å². The van der Waals surface area contributed by atoms with Crippen molar-refractivity contribution in [2.45, 2.75) is 26.2 Å². The van der Waals surface area contributed by atoms with Crippen molar-refractivity contribution in [1.29, 1.82) is 0 Å². The largest absolute Gasteiger partial charge is 0.399 e. The number of benzene rings is 2. The maximum atomic E-state index is 5.67. The first-order valence-corrected chi connectivity index (χ1v) is 6.20. The topological polar surface area (TPSA) is 26.0 Å². The molecule has 2 aromatic rings. The maximum absolute atomic E-state index is 5.67. The molecule has 17 heavy (non-hydrogen) atoms. The maximum Gasteiger partial charge on any atom is 0.0314 e. The van der Waals surface area contributed by atoms with Gasteiger partial charge in [0.1, 0.15) is 0 Å². The number of aryl methyl sites for hydroxylation is 1. The molecule has 0 aliphatic rings. The first kappa shape index (κ1) is 11.7. The second kappa shape index (κ2) is 5.53. The summed E-state index contributed by atoms with van der Waals surface area (Å²) in [7, 11) is 0. The predicted octanol–water partition coefficient (Wildman–Crippen LogP) is 3.81. The molecule has 0 atom stereocenters. The summed E-state index contributed by atoms with van der Waals surface area (Å²) >= 11 is 0. The molecule has 2 rings (SSSR count). The van der Waals surface area contributed by atoms with Crippen molar-refractivity contribution in [2.24, 2.45) is 0 Å². The van der Waals surface area contributed by atoms with Crippen LogP contribution >= 0.6 is 0 Å². The van der Waals surface area contributed by atoms with Gasteiger partial charge in [0.2, 0.25) is 0 Å². The van der Waals surface area contributed by atoms with Gasteiger partial charge in [-0.3, -0.25) is 0 Å². The van der Waals surface area contributed by atoms with E-state index >= 15 is 0 Å². The Balaban J connectivity index is 2.05. The Bertz CT molecular complexity index is 454. The lowest BCUT2D eigenvalue weighted by Crippen LogP contribution is -1.91. The van der Waals surface area contributed by atoms with Crippen LogP contribution in [0.1, 0.15) is 30.0 Å². The summed E-state index contributed by atoms with van der Waals surface area (Å²) in [6.45, 7) is 2.21. The SMILES string of the molecule is CCCc1ccc(Cc2ccc(N)cc2)cc1. The van der Waals surface area contributed by atoms with Crippen molar-refractivity contribution < 1.29 is 0 Å². The van der Waals surface area contributed by atoms with Crippen LogP contribution in [0.2, 0.25) is 0 Å². The van der Waals surface area contributed by atoms with Gasteiger partial charge in [0.15, 0.2) is 0 Å². The third-order valence-electron chi connectivity index (χ3n) is 2.95. The Morgan fingerprint density at radius 3 is 1.76 bits per heavy atom. The minimum absolute atomic E-state index is 0.826. The molecule has 0 bridgehead atoms. The third-order valence-corrected chi connectivity index (χ3v) is 2.95. The Kier molecular flexibility index (Phi) is 3.81. The quantitative estimate of drug-likeness (QED) is 0.787. The smallest absolute Gasteiger partial charge is 0.0314 e. The van der Waals surface area contributed by atoms with Crippen molar-refractivity contribution in [3.8, 4) is 0 Å². The van der Waals surface area contributed by atoms with Crippen LogP contribution in [0, 0.1) is 0 Å². The van der Waals surface area contributed by atoms with Gasteiger partial charge in [-0.05, 0) is 41.7 Å². The van der Waals surface area contributed by atoms with Crippen molar-refractivity contribution in [2.75, 3.05) is 5.73 Å². The normalized spacial score (nSPS) is 10.4. The summed E-state index contributed by atoms with van der Waals surface area (Å²) in [4.78, 5) is 0. The van der Waals surface area contributed by atoms with Gasteiger partial charge in [0.05, 0.1) is 0 Å². The molecular formula is C16H19N. The predicted molar refractivity (Wildman–Crippen MR) is 74.1 cm³/mol. The number of hydrogen-bond acceptors (Lipinski definition) is 1. The van der Waals surface area contributed by atoms with Crippen molar-refractivity contribution in [1.82, 2.24) is 0 Å². The lowest BCUT2D eigenvalue weighted by molar-refractivity contribution is 0.920. The first-order valence-electron chi connectivity index (χ1n) is 6.20. The summed E-state index contributed by atoms with van der Waals surface area (Å²) in [6, 6.07) is 17.0. The van der Waals surface area contributed by atoms with Crippen LogP contribution in [0.25, 0.3) is 0 Å². The van der Waals surface area contributed by atoms with Gasteiger partial charge in [-0.2, -0.15) is 0 Å². The van der Waals surface area contributed by atoms with Gasteiger partial charge < -0.3 is 5.73 Å². The lowest BCUT2D eigenvalue weighted by atomic mass is 10.0. The number of nitrogens with two attached hydrogens (primary N) is 1. The van der Waals surface area contributed by atoms with Crippen LogP contribution in [-0.2, 0) is 12.8 Å². The second-order valence-electron chi connectivity index (χ2n) is 4.48. The average Bonchev–Trinajstić information content (AvgIpc) is 2.35. The molecule has 0 amide bonds. The van der Waals surface area contributed by atoms with Crippen LogP contribution in [-0.4, -0.2) is 0 Å². The highest BCUT2D eigenvalue weighted by Crippen LogP contribution is 2.13. The van der Waals surface area contributed by atoms with Crippen LogP contribution < -0.4 is 5.73 Å². The van der Waals surface area contributed by atoms with Gasteiger partial charge in [0, 0.05) is 5.69 Å². The molecular weight excluding hydrogens is 206 g/mol. The lowest BCUT2D eigenvalue weighted by Gasteiger charge is -2.04. The van der Waals surface area contributed by atoms with Crippen LogP contribution in [0.5, 0.6) is 0 Å². The summed E-state index contributed by atoms with van der Waals surface area (Å²) in [5, 5.41) is 0. The Labute approximate surface area is 103 Å². The van der Waals surface area contributed by atoms with E-state index < -0.39 is 0 Å². The van der Waals surface area contributed by atoms with E-state index in [1.807, 2.05) is 12.1 Å². The second-order valence-corrected chi connectivity index (χ2v) is 4.48. The third kappa shape index (κ3) is 3.35. The molecule has 0 aliphatic heterocycles. The van der Waals surface area contributed by atoms with Crippen LogP contribution in [0.3, 0.4) is 0 Å². The average molecular weight is 225 g/mol.